The van der Waals surface area contributed by atoms with Crippen LogP contribution in [0.3, 0.4) is 0 Å². The van der Waals surface area contributed by atoms with E-state index in [1.807, 2.05) is 48.5 Å². The Kier molecular flexibility index (Phi) is 9.49. The first-order valence-electron chi connectivity index (χ1n) is 17.6. The highest BCUT2D eigenvalue weighted by Crippen LogP contribution is 2.52. The lowest BCUT2D eigenvalue weighted by molar-refractivity contribution is 0.201. The van der Waals surface area contributed by atoms with E-state index in [9.17, 15) is 10.2 Å². The second-order valence-corrected chi connectivity index (χ2v) is 12.7. The van der Waals surface area contributed by atoms with Crippen molar-refractivity contribution >= 4 is 21.5 Å². The predicted molar refractivity (Wildman–Crippen MR) is 214 cm³/mol. The molecular weight excluding hydrogens is 641 g/mol. The Labute approximate surface area is 303 Å². The van der Waals surface area contributed by atoms with Gasteiger partial charge in [0.2, 0.25) is 0 Å². The first kappa shape index (κ1) is 33.0. The third-order valence-electron chi connectivity index (χ3n) is 9.53. The average Bonchev–Trinajstić information content (AvgIpc) is 3.22. The van der Waals surface area contributed by atoms with Gasteiger partial charge in [-0.15, -0.1) is 0 Å². The fourth-order valence-electron chi connectivity index (χ4n) is 7.12. The second-order valence-electron chi connectivity index (χ2n) is 12.7. The molecule has 0 radical (unpaired) electrons. The molecule has 4 nitrogen and oxygen atoms in total. The number of rotatable bonds is 11. The molecule has 0 aromatic heterocycles. The molecule has 0 heterocycles. The van der Waals surface area contributed by atoms with E-state index >= 15 is 0 Å². The summed E-state index contributed by atoms with van der Waals surface area (Å²) in [6.07, 6.45) is 0. The zero-order chi connectivity index (χ0) is 35.3. The minimum absolute atomic E-state index is 0.117. The van der Waals surface area contributed by atoms with E-state index in [1.54, 1.807) is 0 Å². The number of aliphatic hydroxyl groups is 2. The largest absolute Gasteiger partial charge is 0.490 e. The van der Waals surface area contributed by atoms with Gasteiger partial charge in [0, 0.05) is 22.3 Å². The Balaban J connectivity index is 1.41. The standard InChI is InChI=1S/C48H38O4/c49-27-29-51-47-43(37-23-19-35(20-24-37)33-11-3-1-4-12-33)31-39-15-7-9-17-41(39)45(47)46-42-18-10-8-16-40(42)32-44(48(46)52-30-28-50)38-25-21-36(22-26-38)34-13-5-2-6-14-34/h1-26,31-32,49-50H,27-30H2. The van der Waals surface area contributed by atoms with E-state index < -0.39 is 0 Å². The molecule has 0 spiro atoms. The molecule has 8 aromatic carbocycles. The zero-order valence-corrected chi connectivity index (χ0v) is 28.7. The Bertz CT molecular complexity index is 2280. The Hall–Kier alpha value is -6.20. The molecule has 2 N–H and O–H groups in total. The molecule has 4 heteroatoms. The van der Waals surface area contributed by atoms with Gasteiger partial charge in [-0.1, -0.05) is 158 Å². The lowest BCUT2D eigenvalue weighted by atomic mass is 9.86. The van der Waals surface area contributed by atoms with Gasteiger partial charge in [-0.05, 0) is 67.1 Å². The molecule has 0 aliphatic carbocycles. The van der Waals surface area contributed by atoms with Crippen LogP contribution >= 0.6 is 0 Å². The molecule has 0 amide bonds. The van der Waals surface area contributed by atoms with Crippen LogP contribution in [0, 0.1) is 0 Å². The van der Waals surface area contributed by atoms with Gasteiger partial charge in [0.05, 0.1) is 13.2 Å². The van der Waals surface area contributed by atoms with Crippen molar-refractivity contribution in [2.24, 2.45) is 0 Å². The van der Waals surface area contributed by atoms with Gasteiger partial charge in [-0.25, -0.2) is 0 Å². The van der Waals surface area contributed by atoms with Crippen LogP contribution in [-0.4, -0.2) is 36.6 Å². The molecule has 0 saturated heterocycles. The van der Waals surface area contributed by atoms with Crippen LogP contribution in [0.5, 0.6) is 11.5 Å². The summed E-state index contributed by atoms with van der Waals surface area (Å²) in [6.45, 7) is -0.0418. The highest BCUT2D eigenvalue weighted by molar-refractivity contribution is 6.14. The van der Waals surface area contributed by atoms with Crippen molar-refractivity contribution in [2.75, 3.05) is 26.4 Å². The van der Waals surface area contributed by atoms with Gasteiger partial charge in [0.15, 0.2) is 0 Å². The molecule has 8 rings (SSSR count). The summed E-state index contributed by atoms with van der Waals surface area (Å²) in [7, 11) is 0. The molecule has 0 aliphatic rings. The number of hydrogen-bond acceptors (Lipinski definition) is 4. The minimum atomic E-state index is -0.138. The number of ether oxygens (including phenoxy) is 2. The maximum absolute atomic E-state index is 10.1. The second kappa shape index (κ2) is 15.0. The van der Waals surface area contributed by atoms with Gasteiger partial charge in [0.1, 0.15) is 24.7 Å². The zero-order valence-electron chi connectivity index (χ0n) is 28.7. The van der Waals surface area contributed by atoms with Crippen molar-refractivity contribution in [3.63, 3.8) is 0 Å². The number of hydrogen-bond donors (Lipinski definition) is 2. The summed E-state index contributed by atoms with van der Waals surface area (Å²) < 4.78 is 13.2. The first-order valence-corrected chi connectivity index (χ1v) is 17.6. The summed E-state index contributed by atoms with van der Waals surface area (Å²) in [4.78, 5) is 0. The third-order valence-corrected chi connectivity index (χ3v) is 9.53. The molecule has 8 aromatic rings. The molecule has 0 saturated carbocycles. The van der Waals surface area contributed by atoms with E-state index in [0.29, 0.717) is 11.5 Å². The smallest absolute Gasteiger partial charge is 0.135 e. The minimum Gasteiger partial charge on any atom is -0.490 e. The Morgan fingerprint density at radius 1 is 0.346 bits per heavy atom. The van der Waals surface area contributed by atoms with Crippen LogP contribution in [-0.2, 0) is 0 Å². The molecule has 0 bridgehead atoms. The predicted octanol–water partition coefficient (Wildman–Crippen LogP) is 11.1. The Morgan fingerprint density at radius 3 is 1.06 bits per heavy atom. The van der Waals surface area contributed by atoms with Crippen molar-refractivity contribution in [3.05, 3.63) is 170 Å². The van der Waals surface area contributed by atoms with Crippen LogP contribution < -0.4 is 9.47 Å². The summed E-state index contributed by atoms with van der Waals surface area (Å²) in [5, 5.41) is 24.3. The van der Waals surface area contributed by atoms with Crippen molar-refractivity contribution in [1.29, 1.82) is 0 Å². The normalized spacial score (nSPS) is 11.2. The van der Waals surface area contributed by atoms with Crippen LogP contribution in [0.4, 0.5) is 0 Å². The topological polar surface area (TPSA) is 58.9 Å². The summed E-state index contributed by atoms with van der Waals surface area (Å²) in [6, 6.07) is 58.8. The van der Waals surface area contributed by atoms with Crippen LogP contribution in [0.2, 0.25) is 0 Å². The van der Waals surface area contributed by atoms with Crippen LogP contribution in [0.1, 0.15) is 0 Å². The number of fused-ring (bicyclic) bond motifs is 2. The van der Waals surface area contributed by atoms with Crippen LogP contribution in [0.15, 0.2) is 170 Å². The molecule has 0 fully saturated rings. The van der Waals surface area contributed by atoms with Crippen molar-refractivity contribution in [1.82, 2.24) is 0 Å². The van der Waals surface area contributed by atoms with Crippen molar-refractivity contribution in [2.45, 2.75) is 0 Å². The summed E-state index contributed by atoms with van der Waals surface area (Å²) >= 11 is 0. The maximum Gasteiger partial charge on any atom is 0.135 e. The fourth-order valence-corrected chi connectivity index (χ4v) is 7.12. The summed E-state index contributed by atoms with van der Waals surface area (Å²) in [5.74, 6) is 1.33. The lowest BCUT2D eigenvalue weighted by Crippen LogP contribution is -2.07. The van der Waals surface area contributed by atoms with Gasteiger partial charge < -0.3 is 19.7 Å². The van der Waals surface area contributed by atoms with Gasteiger partial charge >= 0.3 is 0 Å². The highest BCUT2D eigenvalue weighted by Gasteiger charge is 2.25. The maximum atomic E-state index is 10.1. The third kappa shape index (κ3) is 6.42. The van der Waals surface area contributed by atoms with Crippen molar-refractivity contribution in [3.8, 4) is 67.1 Å². The highest BCUT2D eigenvalue weighted by atomic mass is 16.5. The van der Waals surface area contributed by atoms with Gasteiger partial charge in [0.25, 0.3) is 0 Å². The monoisotopic (exact) mass is 678 g/mol. The van der Waals surface area contributed by atoms with E-state index in [1.165, 1.54) is 0 Å². The molecular formula is C48H38O4. The van der Waals surface area contributed by atoms with Gasteiger partial charge in [-0.2, -0.15) is 0 Å². The van der Waals surface area contributed by atoms with E-state index in [4.69, 9.17) is 9.47 Å². The lowest BCUT2D eigenvalue weighted by Gasteiger charge is -2.24. The molecule has 0 unspecified atom stereocenters. The van der Waals surface area contributed by atoms with E-state index in [-0.39, 0.29) is 26.4 Å². The van der Waals surface area contributed by atoms with Crippen molar-refractivity contribution < 1.29 is 19.7 Å². The molecule has 52 heavy (non-hydrogen) atoms. The van der Waals surface area contributed by atoms with E-state index in [2.05, 4.69) is 121 Å². The summed E-state index contributed by atoms with van der Waals surface area (Å²) in [5.41, 5.74) is 10.1. The quantitative estimate of drug-likeness (QED) is 0.143. The Morgan fingerprint density at radius 2 is 0.673 bits per heavy atom. The van der Waals surface area contributed by atoms with E-state index in [0.717, 1.165) is 77.2 Å². The SMILES string of the molecule is OCCOc1c(-c2ccc(-c3ccccc3)cc2)cc2ccccc2c1-c1c(OCCO)c(-c2ccc(-c3ccccc3)cc2)cc2ccccc12. The first-order chi connectivity index (χ1) is 25.7. The number of benzene rings is 8. The molecule has 254 valence electrons. The van der Waals surface area contributed by atoms with Gasteiger partial charge in [-0.3, -0.25) is 0 Å². The van der Waals surface area contributed by atoms with Crippen LogP contribution in [0.25, 0.3) is 77.2 Å². The average molecular weight is 679 g/mol. The fraction of sp³-hybridized carbons (Fsp3) is 0.0833. The molecule has 0 aliphatic heterocycles. The number of aliphatic hydroxyl groups excluding tert-OH is 2. The molecule has 0 atom stereocenters.